The largest absolute Gasteiger partial charge is 0.306 e. The molecule has 0 unspecified atom stereocenters. The highest BCUT2D eigenvalue weighted by Gasteiger charge is 2.12. The van der Waals surface area contributed by atoms with Gasteiger partial charge in [-0.25, -0.2) is 9.37 Å². The number of hydrogen-bond donors (Lipinski definition) is 1. The number of nitrogens with one attached hydrogen (secondary N) is 1. The van der Waals surface area contributed by atoms with Crippen molar-refractivity contribution in [3.63, 3.8) is 0 Å². The fourth-order valence-corrected chi connectivity index (χ4v) is 1.97. The summed E-state index contributed by atoms with van der Waals surface area (Å²) in [4.78, 5) is 15.7. The lowest BCUT2D eigenvalue weighted by molar-refractivity contribution is 0.102. The topological polar surface area (TPSA) is 42.0 Å². The summed E-state index contributed by atoms with van der Waals surface area (Å²) in [5.74, 6) is -0.653. The van der Waals surface area contributed by atoms with Gasteiger partial charge in [0, 0.05) is 0 Å². The van der Waals surface area contributed by atoms with Crippen molar-refractivity contribution in [2.24, 2.45) is 0 Å². The molecular weight excluding hydrogens is 322 g/mol. The summed E-state index contributed by atoms with van der Waals surface area (Å²) in [6, 6.07) is 7.85. The molecule has 1 aromatic heterocycles. The zero-order valence-corrected chi connectivity index (χ0v) is 11.3. The number of amides is 1. The van der Waals surface area contributed by atoms with Crippen LogP contribution in [-0.4, -0.2) is 10.9 Å². The van der Waals surface area contributed by atoms with Crippen LogP contribution in [0.2, 0.25) is 5.02 Å². The Bertz CT molecular complexity index is 606. The van der Waals surface area contributed by atoms with E-state index >= 15 is 0 Å². The second-order valence-corrected chi connectivity index (χ2v) is 4.68. The Morgan fingerprint density at radius 3 is 2.78 bits per heavy atom. The van der Waals surface area contributed by atoms with Crippen LogP contribution in [0.5, 0.6) is 0 Å². The number of anilines is 1. The highest BCUT2D eigenvalue weighted by atomic mass is 79.9. The fourth-order valence-electron chi connectivity index (χ4n) is 1.33. The number of nitrogens with zero attached hydrogens (tertiary/aromatic N) is 1. The molecule has 18 heavy (non-hydrogen) atoms. The van der Waals surface area contributed by atoms with E-state index in [9.17, 15) is 9.18 Å². The third-order valence-corrected chi connectivity index (χ3v) is 3.09. The predicted molar refractivity (Wildman–Crippen MR) is 71.3 cm³/mol. The van der Waals surface area contributed by atoms with E-state index in [1.165, 1.54) is 6.07 Å². The van der Waals surface area contributed by atoms with Gasteiger partial charge in [0.15, 0.2) is 0 Å². The Labute approximate surface area is 116 Å². The standard InChI is InChI=1S/C12H7BrClFN2O/c13-9-5-7(15)6-16-11(9)17-12(18)8-3-1-2-4-10(8)14/h1-6H,(H,16,17,18). The molecule has 0 atom stereocenters. The molecule has 0 spiro atoms. The van der Waals surface area contributed by atoms with Gasteiger partial charge in [-0.2, -0.15) is 0 Å². The minimum absolute atomic E-state index is 0.237. The molecule has 1 heterocycles. The van der Waals surface area contributed by atoms with Crippen LogP contribution in [0.1, 0.15) is 10.4 Å². The molecule has 0 aliphatic heterocycles. The Balaban J connectivity index is 2.24. The van der Waals surface area contributed by atoms with Crippen molar-refractivity contribution in [2.75, 3.05) is 5.32 Å². The van der Waals surface area contributed by atoms with E-state index in [-0.39, 0.29) is 5.82 Å². The highest BCUT2D eigenvalue weighted by Crippen LogP contribution is 2.22. The monoisotopic (exact) mass is 328 g/mol. The third kappa shape index (κ3) is 2.86. The molecule has 1 N–H and O–H groups in total. The molecule has 0 radical (unpaired) electrons. The van der Waals surface area contributed by atoms with E-state index < -0.39 is 11.7 Å². The maximum absolute atomic E-state index is 12.8. The second-order valence-electron chi connectivity index (χ2n) is 3.42. The average Bonchev–Trinajstić information content (AvgIpc) is 2.33. The van der Waals surface area contributed by atoms with Gasteiger partial charge in [0.1, 0.15) is 11.6 Å². The smallest absolute Gasteiger partial charge is 0.258 e. The summed E-state index contributed by atoms with van der Waals surface area (Å²) in [7, 11) is 0. The van der Waals surface area contributed by atoms with Crippen molar-refractivity contribution in [1.82, 2.24) is 4.98 Å². The van der Waals surface area contributed by atoms with Gasteiger partial charge >= 0.3 is 0 Å². The normalized spacial score (nSPS) is 10.2. The van der Waals surface area contributed by atoms with E-state index in [0.717, 1.165) is 6.20 Å². The molecule has 0 bridgehead atoms. The number of hydrogen-bond acceptors (Lipinski definition) is 2. The number of benzene rings is 1. The van der Waals surface area contributed by atoms with Crippen LogP contribution in [0.4, 0.5) is 10.2 Å². The summed E-state index contributed by atoms with van der Waals surface area (Å²) < 4.78 is 13.2. The lowest BCUT2D eigenvalue weighted by Gasteiger charge is -2.07. The number of carbonyl (C=O) groups excluding carboxylic acids is 1. The van der Waals surface area contributed by atoms with Gasteiger partial charge in [-0.05, 0) is 34.1 Å². The number of pyridine rings is 1. The zero-order valence-electron chi connectivity index (χ0n) is 8.95. The number of carbonyl (C=O) groups is 1. The van der Waals surface area contributed by atoms with Crippen LogP contribution in [0.25, 0.3) is 0 Å². The molecule has 1 aromatic carbocycles. The first-order chi connectivity index (χ1) is 8.58. The van der Waals surface area contributed by atoms with Gasteiger partial charge in [0.25, 0.3) is 5.91 Å². The van der Waals surface area contributed by atoms with Crippen LogP contribution in [0, 0.1) is 5.82 Å². The Morgan fingerprint density at radius 2 is 2.11 bits per heavy atom. The van der Waals surface area contributed by atoms with Gasteiger partial charge in [0.2, 0.25) is 0 Å². The molecule has 0 saturated carbocycles. The predicted octanol–water partition coefficient (Wildman–Crippen LogP) is 3.89. The van der Waals surface area contributed by atoms with E-state index in [0.29, 0.717) is 15.1 Å². The van der Waals surface area contributed by atoms with Gasteiger partial charge < -0.3 is 5.32 Å². The summed E-state index contributed by atoms with van der Waals surface area (Å²) in [5.41, 5.74) is 0.331. The van der Waals surface area contributed by atoms with Crippen molar-refractivity contribution in [2.45, 2.75) is 0 Å². The first-order valence-electron chi connectivity index (χ1n) is 4.95. The van der Waals surface area contributed by atoms with Gasteiger partial charge in [-0.1, -0.05) is 23.7 Å². The molecule has 0 aliphatic rings. The maximum Gasteiger partial charge on any atom is 0.258 e. The van der Waals surface area contributed by atoms with Gasteiger partial charge in [0.05, 0.1) is 21.3 Å². The second kappa shape index (κ2) is 5.46. The van der Waals surface area contributed by atoms with E-state index in [1.54, 1.807) is 24.3 Å². The van der Waals surface area contributed by atoms with Crippen molar-refractivity contribution in [3.8, 4) is 0 Å². The number of halogens is 3. The van der Waals surface area contributed by atoms with Crippen LogP contribution < -0.4 is 5.32 Å². The molecule has 3 nitrogen and oxygen atoms in total. The van der Waals surface area contributed by atoms with Gasteiger partial charge in [-0.15, -0.1) is 0 Å². The Kier molecular flexibility index (Phi) is 3.93. The molecule has 92 valence electrons. The number of rotatable bonds is 2. The lowest BCUT2D eigenvalue weighted by atomic mass is 10.2. The third-order valence-electron chi connectivity index (χ3n) is 2.16. The SMILES string of the molecule is O=C(Nc1ncc(F)cc1Br)c1ccccc1Cl. The molecule has 0 fully saturated rings. The van der Waals surface area contributed by atoms with Crippen molar-refractivity contribution in [3.05, 3.63) is 57.4 Å². The molecule has 1 amide bonds. The Hall–Kier alpha value is -1.46. The molecule has 0 aliphatic carbocycles. The molecule has 2 aromatic rings. The van der Waals surface area contributed by atoms with Crippen LogP contribution in [0.15, 0.2) is 41.0 Å². The summed E-state index contributed by atoms with van der Waals surface area (Å²) in [6.45, 7) is 0. The van der Waals surface area contributed by atoms with Crippen LogP contribution in [0.3, 0.4) is 0 Å². The first kappa shape index (κ1) is 13.0. The number of aromatic nitrogens is 1. The summed E-state index contributed by atoms with van der Waals surface area (Å²) in [6.07, 6.45) is 1.02. The highest BCUT2D eigenvalue weighted by molar-refractivity contribution is 9.10. The Morgan fingerprint density at radius 1 is 1.39 bits per heavy atom. The van der Waals surface area contributed by atoms with Crippen molar-refractivity contribution in [1.29, 1.82) is 0 Å². The average molecular weight is 330 g/mol. The van der Waals surface area contributed by atoms with Crippen molar-refractivity contribution < 1.29 is 9.18 Å². The maximum atomic E-state index is 12.8. The molecule has 0 saturated heterocycles. The van der Waals surface area contributed by atoms with Crippen LogP contribution in [-0.2, 0) is 0 Å². The van der Waals surface area contributed by atoms with E-state index in [1.807, 2.05) is 0 Å². The molecule has 2 rings (SSSR count). The zero-order chi connectivity index (χ0) is 13.1. The fraction of sp³-hybridized carbons (Fsp3) is 0. The van der Waals surface area contributed by atoms with Gasteiger partial charge in [-0.3, -0.25) is 4.79 Å². The molecule has 6 heteroatoms. The minimum atomic E-state index is -0.488. The first-order valence-corrected chi connectivity index (χ1v) is 6.12. The lowest BCUT2D eigenvalue weighted by Crippen LogP contribution is -2.13. The van der Waals surface area contributed by atoms with Crippen molar-refractivity contribution >= 4 is 39.3 Å². The van der Waals surface area contributed by atoms with E-state index in [4.69, 9.17) is 11.6 Å². The van der Waals surface area contributed by atoms with E-state index in [2.05, 4.69) is 26.2 Å². The van der Waals surface area contributed by atoms with Crippen LogP contribution >= 0.6 is 27.5 Å². The quantitative estimate of drug-likeness (QED) is 0.908. The minimum Gasteiger partial charge on any atom is -0.306 e. The molecular formula is C12H7BrClFN2O. The summed E-state index contributed by atoms with van der Waals surface area (Å²) in [5, 5.41) is 2.89. The summed E-state index contributed by atoms with van der Waals surface area (Å²) >= 11 is 9.01.